The van der Waals surface area contributed by atoms with Gasteiger partial charge in [-0.25, -0.2) is 8.78 Å². The van der Waals surface area contributed by atoms with Crippen LogP contribution in [0.3, 0.4) is 0 Å². The first-order chi connectivity index (χ1) is 16.1. The van der Waals surface area contributed by atoms with Crippen LogP contribution in [-0.2, 0) is 28.6 Å². The Hall–Kier alpha value is -2.08. The first-order valence-corrected chi connectivity index (χ1v) is 11.4. The van der Waals surface area contributed by atoms with Crippen LogP contribution in [0, 0.1) is 16.7 Å². The normalized spacial score (nSPS) is 14.2. The Balaban J connectivity index is 4.63. The fourth-order valence-corrected chi connectivity index (χ4v) is 2.92. The molecule has 0 aliphatic carbocycles. The van der Waals surface area contributed by atoms with Crippen LogP contribution in [0.4, 0.5) is 30.7 Å². The first kappa shape index (κ1) is 33.9. The largest absolute Gasteiger partial charge is 0.465 e. The van der Waals surface area contributed by atoms with E-state index >= 15 is 0 Å². The molecule has 0 amide bonds. The van der Waals surface area contributed by atoms with E-state index in [9.17, 15) is 45.1 Å². The zero-order valence-corrected chi connectivity index (χ0v) is 21.3. The van der Waals surface area contributed by atoms with Gasteiger partial charge >= 0.3 is 30.0 Å². The summed E-state index contributed by atoms with van der Waals surface area (Å²) in [6.07, 6.45) is -9.65. The fourth-order valence-electron chi connectivity index (χ4n) is 2.92. The monoisotopic (exact) mass is 540 g/mol. The van der Waals surface area contributed by atoms with Crippen LogP contribution in [0.5, 0.6) is 0 Å². The van der Waals surface area contributed by atoms with E-state index in [-0.39, 0.29) is 5.41 Å². The second kappa shape index (κ2) is 12.9. The molecule has 6 nitrogen and oxygen atoms in total. The van der Waals surface area contributed by atoms with Crippen LogP contribution < -0.4 is 0 Å². The Morgan fingerprint density at radius 3 is 1.78 bits per heavy atom. The minimum atomic E-state index is -6.15. The summed E-state index contributed by atoms with van der Waals surface area (Å²) in [7, 11) is 0. The van der Waals surface area contributed by atoms with Crippen molar-refractivity contribution in [2.45, 2.75) is 98.1 Å². The van der Waals surface area contributed by atoms with E-state index in [0.717, 1.165) is 6.42 Å². The Morgan fingerprint density at radius 1 is 0.778 bits per heavy atom. The number of hydrogen-bond donors (Lipinski definition) is 0. The minimum Gasteiger partial charge on any atom is -0.465 e. The zero-order valence-electron chi connectivity index (χ0n) is 21.3. The molecule has 36 heavy (non-hydrogen) atoms. The molecule has 0 saturated heterocycles. The third-order valence-electron chi connectivity index (χ3n) is 6.19. The summed E-state index contributed by atoms with van der Waals surface area (Å²) in [5.41, 5.74) is -0.570. The molecular formula is C23H35F7O6. The van der Waals surface area contributed by atoms with Gasteiger partial charge in [0.05, 0.1) is 18.9 Å². The summed E-state index contributed by atoms with van der Waals surface area (Å²) in [5.74, 6) is -13.8. The third kappa shape index (κ3) is 11.8. The Morgan fingerprint density at radius 2 is 1.31 bits per heavy atom. The van der Waals surface area contributed by atoms with Crippen LogP contribution in [0.2, 0.25) is 0 Å². The summed E-state index contributed by atoms with van der Waals surface area (Å²) in [5, 5.41) is 0. The smallest absolute Gasteiger partial charge is 0.453 e. The maximum absolute atomic E-state index is 13.4. The molecule has 0 fully saturated rings. The molecule has 0 bridgehead atoms. The van der Waals surface area contributed by atoms with Crippen LogP contribution in [0.15, 0.2) is 0 Å². The van der Waals surface area contributed by atoms with Gasteiger partial charge in [-0.1, -0.05) is 54.4 Å². The number of alkyl halides is 7. The van der Waals surface area contributed by atoms with Crippen LogP contribution in [-0.4, -0.2) is 49.3 Å². The van der Waals surface area contributed by atoms with Gasteiger partial charge in [0, 0.05) is 6.42 Å². The van der Waals surface area contributed by atoms with E-state index in [0.29, 0.717) is 12.8 Å². The van der Waals surface area contributed by atoms with Crippen LogP contribution >= 0.6 is 0 Å². The van der Waals surface area contributed by atoms with E-state index in [2.05, 4.69) is 9.47 Å². The van der Waals surface area contributed by atoms with Gasteiger partial charge in [0.25, 0.3) is 5.92 Å². The number of carbonyl (C=O) groups excluding carboxylic acids is 3. The lowest BCUT2D eigenvalue weighted by molar-refractivity contribution is -0.301. The van der Waals surface area contributed by atoms with Crippen molar-refractivity contribution >= 4 is 17.9 Å². The molecule has 0 radical (unpaired) electrons. The zero-order chi connectivity index (χ0) is 28.6. The van der Waals surface area contributed by atoms with E-state index in [1.165, 1.54) is 0 Å². The van der Waals surface area contributed by atoms with E-state index < -0.39 is 79.9 Å². The average molecular weight is 541 g/mol. The summed E-state index contributed by atoms with van der Waals surface area (Å²) in [4.78, 5) is 35.9. The lowest BCUT2D eigenvalue weighted by atomic mass is 9.68. The van der Waals surface area contributed by atoms with Gasteiger partial charge in [-0.2, -0.15) is 22.0 Å². The lowest BCUT2D eigenvalue weighted by Gasteiger charge is -2.36. The predicted octanol–water partition coefficient (Wildman–Crippen LogP) is 6.46. The van der Waals surface area contributed by atoms with E-state index in [1.807, 2.05) is 41.5 Å². The molecule has 0 aliphatic rings. The number of halogens is 7. The minimum absolute atomic E-state index is 0.157. The number of esters is 3. The summed E-state index contributed by atoms with van der Waals surface area (Å²) >= 11 is 0. The number of ether oxygens (including phenoxy) is 3. The molecule has 0 N–H and O–H groups in total. The Bertz CT molecular complexity index is 748. The Kier molecular flexibility index (Phi) is 12.2. The third-order valence-corrected chi connectivity index (χ3v) is 6.19. The highest BCUT2D eigenvalue weighted by Crippen LogP contribution is 2.44. The predicted molar refractivity (Wildman–Crippen MR) is 114 cm³/mol. The molecule has 1 atom stereocenters. The average Bonchev–Trinajstić information content (AvgIpc) is 2.69. The van der Waals surface area contributed by atoms with Gasteiger partial charge in [-0.3, -0.25) is 14.4 Å². The maximum atomic E-state index is 13.4. The number of carbonyl (C=O) groups is 3. The molecule has 1 unspecified atom stereocenters. The van der Waals surface area contributed by atoms with Gasteiger partial charge in [-0.15, -0.1) is 0 Å². The van der Waals surface area contributed by atoms with E-state index in [1.54, 1.807) is 0 Å². The lowest BCUT2D eigenvalue weighted by Crippen LogP contribution is -2.42. The van der Waals surface area contributed by atoms with Crippen molar-refractivity contribution in [2.75, 3.05) is 13.4 Å². The Labute approximate surface area is 206 Å². The second-order valence-electron chi connectivity index (χ2n) is 10.1. The molecule has 0 saturated carbocycles. The second-order valence-corrected chi connectivity index (χ2v) is 10.1. The first-order valence-electron chi connectivity index (χ1n) is 11.4. The highest BCUT2D eigenvalue weighted by atomic mass is 19.4. The quantitative estimate of drug-likeness (QED) is 0.103. The molecule has 0 spiro atoms. The van der Waals surface area contributed by atoms with Crippen molar-refractivity contribution in [3.05, 3.63) is 0 Å². The molecule has 0 aromatic rings. The van der Waals surface area contributed by atoms with Crippen molar-refractivity contribution in [2.24, 2.45) is 16.7 Å². The molecule has 0 rings (SSSR count). The molecule has 13 heteroatoms. The van der Waals surface area contributed by atoms with Crippen molar-refractivity contribution in [3.63, 3.8) is 0 Å². The summed E-state index contributed by atoms with van der Waals surface area (Å²) < 4.78 is 103. The summed E-state index contributed by atoms with van der Waals surface area (Å²) in [6.45, 7) is 9.71. The van der Waals surface area contributed by atoms with Gasteiger partial charge in [0.1, 0.15) is 6.42 Å². The van der Waals surface area contributed by atoms with E-state index in [4.69, 9.17) is 4.74 Å². The topological polar surface area (TPSA) is 78.9 Å². The molecule has 212 valence electrons. The standard InChI is InChI=1S/C23H35F7O6/c1-7-19(3,4)12-15(20(5,6)8-2)18(33)36-14-35-17(32)11-16(31)34-10-9-21(24,25)13-22(26,27)23(28,29)30/h15H,7-14H2,1-6H3. The summed E-state index contributed by atoms with van der Waals surface area (Å²) in [6, 6.07) is 0. The highest BCUT2D eigenvalue weighted by Gasteiger charge is 2.61. The highest BCUT2D eigenvalue weighted by molar-refractivity contribution is 5.91. The van der Waals surface area contributed by atoms with Crippen molar-refractivity contribution in [1.29, 1.82) is 0 Å². The van der Waals surface area contributed by atoms with Crippen molar-refractivity contribution < 1.29 is 59.3 Å². The van der Waals surface area contributed by atoms with Crippen molar-refractivity contribution in [1.82, 2.24) is 0 Å². The van der Waals surface area contributed by atoms with Crippen LogP contribution in [0.1, 0.15) is 80.1 Å². The molecule has 0 aromatic carbocycles. The van der Waals surface area contributed by atoms with Gasteiger partial charge < -0.3 is 14.2 Å². The fraction of sp³-hybridized carbons (Fsp3) is 0.870. The maximum Gasteiger partial charge on any atom is 0.453 e. The van der Waals surface area contributed by atoms with Crippen molar-refractivity contribution in [3.8, 4) is 0 Å². The van der Waals surface area contributed by atoms with Crippen LogP contribution in [0.25, 0.3) is 0 Å². The van der Waals surface area contributed by atoms with Gasteiger partial charge in [-0.05, 0) is 17.3 Å². The molecule has 0 heterocycles. The van der Waals surface area contributed by atoms with Gasteiger partial charge in [0.2, 0.25) is 6.79 Å². The number of hydrogen-bond acceptors (Lipinski definition) is 6. The number of rotatable bonds is 15. The molecule has 0 aliphatic heterocycles. The van der Waals surface area contributed by atoms with Gasteiger partial charge in [0.15, 0.2) is 0 Å². The SMILES string of the molecule is CCC(C)(C)CC(C(=O)OCOC(=O)CC(=O)OCCC(F)(F)CC(F)(F)C(F)(F)F)C(C)(C)CC. The molecule has 0 aromatic heterocycles. The molecular weight excluding hydrogens is 505 g/mol.